The SMILES string of the molecule is CCCC(=O)OCCNC(CC(C)C)C1(c2ccccc2F)CCC1. The van der Waals surface area contributed by atoms with E-state index in [2.05, 4.69) is 19.2 Å². The molecule has 0 saturated heterocycles. The predicted octanol–water partition coefficient (Wildman–Crippen LogP) is 4.60. The maximum absolute atomic E-state index is 14.5. The number of carbonyl (C=O) groups excluding carboxylic acids is 1. The van der Waals surface area contributed by atoms with Gasteiger partial charge in [0.05, 0.1) is 0 Å². The van der Waals surface area contributed by atoms with E-state index in [0.29, 0.717) is 25.5 Å². The summed E-state index contributed by atoms with van der Waals surface area (Å²) in [6, 6.07) is 7.38. The number of rotatable bonds is 10. The van der Waals surface area contributed by atoms with E-state index in [9.17, 15) is 9.18 Å². The number of hydrogen-bond donors (Lipinski definition) is 1. The van der Waals surface area contributed by atoms with Crippen LogP contribution >= 0.6 is 0 Å². The summed E-state index contributed by atoms with van der Waals surface area (Å²) in [5, 5.41) is 3.57. The summed E-state index contributed by atoms with van der Waals surface area (Å²) in [5.41, 5.74) is 0.700. The largest absolute Gasteiger partial charge is 0.464 e. The Morgan fingerprint density at radius 2 is 2.04 bits per heavy atom. The lowest BCUT2D eigenvalue weighted by Gasteiger charge is -2.49. The molecule has 1 aromatic carbocycles. The van der Waals surface area contributed by atoms with E-state index in [4.69, 9.17) is 4.74 Å². The number of esters is 1. The van der Waals surface area contributed by atoms with Crippen molar-refractivity contribution in [3.63, 3.8) is 0 Å². The number of nitrogens with one attached hydrogen (secondary N) is 1. The molecule has 140 valence electrons. The molecule has 0 aromatic heterocycles. The first-order valence-electron chi connectivity index (χ1n) is 9.63. The van der Waals surface area contributed by atoms with Gasteiger partial charge >= 0.3 is 5.97 Å². The Hall–Kier alpha value is -1.42. The second-order valence-corrected chi connectivity index (χ2v) is 7.60. The average Bonchev–Trinajstić information content (AvgIpc) is 2.51. The number of halogens is 1. The molecule has 1 aliphatic rings. The Kier molecular flexibility index (Phi) is 7.42. The van der Waals surface area contributed by atoms with Crippen molar-refractivity contribution in [2.75, 3.05) is 13.2 Å². The van der Waals surface area contributed by atoms with Crippen LogP contribution in [0.3, 0.4) is 0 Å². The molecule has 1 aliphatic carbocycles. The standard InChI is InChI=1S/C21H32FNO2/c1-4-8-20(24)25-14-13-23-19(15-16(2)3)21(11-7-12-21)17-9-5-6-10-18(17)22/h5-6,9-10,16,19,23H,4,7-8,11-15H2,1-3H3. The zero-order valence-corrected chi connectivity index (χ0v) is 15.8. The molecule has 0 bridgehead atoms. The Balaban J connectivity index is 2.05. The predicted molar refractivity (Wildman–Crippen MR) is 99.0 cm³/mol. The lowest BCUT2D eigenvalue weighted by atomic mass is 9.58. The maximum Gasteiger partial charge on any atom is 0.305 e. The topological polar surface area (TPSA) is 38.3 Å². The molecule has 0 aliphatic heterocycles. The van der Waals surface area contributed by atoms with Crippen molar-refractivity contribution in [2.24, 2.45) is 5.92 Å². The van der Waals surface area contributed by atoms with Gasteiger partial charge in [0.15, 0.2) is 0 Å². The highest BCUT2D eigenvalue weighted by Gasteiger charge is 2.46. The normalized spacial score (nSPS) is 17.2. The van der Waals surface area contributed by atoms with Gasteiger partial charge in [-0.3, -0.25) is 4.79 Å². The van der Waals surface area contributed by atoms with Gasteiger partial charge in [-0.25, -0.2) is 4.39 Å². The third-order valence-corrected chi connectivity index (χ3v) is 5.24. The smallest absolute Gasteiger partial charge is 0.305 e. The first-order valence-corrected chi connectivity index (χ1v) is 9.63. The van der Waals surface area contributed by atoms with Crippen molar-refractivity contribution >= 4 is 5.97 Å². The summed E-state index contributed by atoms with van der Waals surface area (Å²) >= 11 is 0. The van der Waals surface area contributed by atoms with Gasteiger partial charge in [-0.2, -0.15) is 0 Å². The van der Waals surface area contributed by atoms with Crippen molar-refractivity contribution in [3.8, 4) is 0 Å². The molecule has 0 heterocycles. The van der Waals surface area contributed by atoms with Crippen LogP contribution in [0.15, 0.2) is 24.3 Å². The Morgan fingerprint density at radius 3 is 2.60 bits per heavy atom. The third-order valence-electron chi connectivity index (χ3n) is 5.24. The minimum absolute atomic E-state index is 0.105. The van der Waals surface area contributed by atoms with Gasteiger partial charge in [-0.15, -0.1) is 0 Å². The molecule has 0 spiro atoms. The fraction of sp³-hybridized carbons (Fsp3) is 0.667. The van der Waals surface area contributed by atoms with Crippen LogP contribution in [-0.2, 0) is 14.9 Å². The molecule has 1 fully saturated rings. The molecule has 1 atom stereocenters. The van der Waals surface area contributed by atoms with E-state index >= 15 is 0 Å². The fourth-order valence-electron chi connectivity index (χ4n) is 3.88. The Bertz CT molecular complexity index is 555. The van der Waals surface area contributed by atoms with Crippen LogP contribution in [-0.4, -0.2) is 25.2 Å². The first-order chi connectivity index (χ1) is 12.0. The van der Waals surface area contributed by atoms with Crippen LogP contribution in [0, 0.1) is 11.7 Å². The monoisotopic (exact) mass is 349 g/mol. The summed E-state index contributed by atoms with van der Waals surface area (Å²) in [5.74, 6) is 0.272. The zero-order valence-electron chi connectivity index (χ0n) is 15.8. The number of carbonyl (C=O) groups is 1. The van der Waals surface area contributed by atoms with E-state index in [-0.39, 0.29) is 23.2 Å². The highest BCUT2D eigenvalue weighted by Crippen LogP contribution is 2.48. The van der Waals surface area contributed by atoms with Gasteiger partial charge < -0.3 is 10.1 Å². The summed E-state index contributed by atoms with van der Waals surface area (Å²) in [7, 11) is 0. The van der Waals surface area contributed by atoms with E-state index in [1.807, 2.05) is 19.1 Å². The summed E-state index contributed by atoms with van der Waals surface area (Å²) < 4.78 is 19.7. The quantitative estimate of drug-likeness (QED) is 0.496. The third kappa shape index (κ3) is 5.04. The lowest BCUT2D eigenvalue weighted by Crippen LogP contribution is -2.54. The van der Waals surface area contributed by atoms with E-state index < -0.39 is 0 Å². The molecule has 25 heavy (non-hydrogen) atoms. The number of ether oxygens (including phenoxy) is 1. The number of hydrogen-bond acceptors (Lipinski definition) is 3. The molecule has 3 nitrogen and oxygen atoms in total. The summed E-state index contributed by atoms with van der Waals surface area (Å²) in [6.07, 6.45) is 5.41. The summed E-state index contributed by atoms with van der Waals surface area (Å²) in [6.45, 7) is 7.35. The average molecular weight is 349 g/mol. The Labute approximate surface area is 151 Å². The Morgan fingerprint density at radius 1 is 1.32 bits per heavy atom. The van der Waals surface area contributed by atoms with Crippen molar-refractivity contribution in [1.82, 2.24) is 5.32 Å². The van der Waals surface area contributed by atoms with Crippen LogP contribution in [0.4, 0.5) is 4.39 Å². The van der Waals surface area contributed by atoms with Crippen molar-refractivity contribution in [2.45, 2.75) is 70.8 Å². The molecule has 1 aromatic rings. The maximum atomic E-state index is 14.5. The molecule has 1 N–H and O–H groups in total. The van der Waals surface area contributed by atoms with Gasteiger partial charge in [0, 0.05) is 24.4 Å². The van der Waals surface area contributed by atoms with E-state index in [1.165, 1.54) is 0 Å². The van der Waals surface area contributed by atoms with Gasteiger partial charge in [0.2, 0.25) is 0 Å². The lowest BCUT2D eigenvalue weighted by molar-refractivity contribution is -0.143. The van der Waals surface area contributed by atoms with Crippen LogP contribution in [0.2, 0.25) is 0 Å². The van der Waals surface area contributed by atoms with Crippen molar-refractivity contribution in [3.05, 3.63) is 35.6 Å². The molecule has 0 amide bonds. The second-order valence-electron chi connectivity index (χ2n) is 7.60. The van der Waals surface area contributed by atoms with Crippen LogP contribution in [0.25, 0.3) is 0 Å². The second kappa shape index (κ2) is 9.33. The van der Waals surface area contributed by atoms with Gasteiger partial charge in [0.25, 0.3) is 0 Å². The van der Waals surface area contributed by atoms with E-state index in [1.54, 1.807) is 12.1 Å². The molecule has 1 unspecified atom stereocenters. The number of benzene rings is 1. The van der Waals surface area contributed by atoms with Gasteiger partial charge in [-0.05, 0) is 43.2 Å². The van der Waals surface area contributed by atoms with Crippen molar-refractivity contribution in [1.29, 1.82) is 0 Å². The van der Waals surface area contributed by atoms with Gasteiger partial charge in [-0.1, -0.05) is 45.4 Å². The molecule has 1 saturated carbocycles. The van der Waals surface area contributed by atoms with Crippen molar-refractivity contribution < 1.29 is 13.9 Å². The molecular weight excluding hydrogens is 317 g/mol. The molecule has 2 rings (SSSR count). The molecular formula is C21H32FNO2. The molecule has 0 radical (unpaired) electrons. The zero-order chi connectivity index (χ0) is 18.3. The van der Waals surface area contributed by atoms with Crippen LogP contribution in [0.1, 0.15) is 64.9 Å². The van der Waals surface area contributed by atoms with Gasteiger partial charge in [0.1, 0.15) is 12.4 Å². The highest BCUT2D eigenvalue weighted by molar-refractivity contribution is 5.69. The summed E-state index contributed by atoms with van der Waals surface area (Å²) in [4.78, 5) is 11.5. The minimum Gasteiger partial charge on any atom is -0.464 e. The highest BCUT2D eigenvalue weighted by atomic mass is 19.1. The van der Waals surface area contributed by atoms with E-state index in [0.717, 1.165) is 37.7 Å². The van der Waals surface area contributed by atoms with Crippen LogP contribution < -0.4 is 5.32 Å². The minimum atomic E-state index is -0.142. The fourth-order valence-corrected chi connectivity index (χ4v) is 3.88. The first kappa shape index (κ1) is 19.9. The molecule has 4 heteroatoms. The van der Waals surface area contributed by atoms with Crippen LogP contribution in [0.5, 0.6) is 0 Å².